The number of rotatable bonds is 17. The van der Waals surface area contributed by atoms with Gasteiger partial charge in [-0.25, -0.2) is 0 Å². The van der Waals surface area contributed by atoms with Crippen molar-refractivity contribution in [2.75, 3.05) is 24.6 Å². The van der Waals surface area contributed by atoms with Gasteiger partial charge in [0.25, 0.3) is 5.91 Å². The number of halogens is 2. The number of aliphatic hydroxyl groups is 1. The number of hydrogen-bond donors (Lipinski definition) is 2. The fourth-order valence-corrected chi connectivity index (χ4v) is 8.72. The number of benzene rings is 2. The maximum atomic E-state index is 14.8. The quantitative estimate of drug-likeness (QED) is 0.0940. The number of carbonyl (C=O) groups is 4. The van der Waals surface area contributed by atoms with E-state index in [-0.39, 0.29) is 48.7 Å². The van der Waals surface area contributed by atoms with Crippen LogP contribution in [0.15, 0.2) is 79.9 Å². The van der Waals surface area contributed by atoms with Crippen LogP contribution >= 0.6 is 27.5 Å². The first-order chi connectivity index (χ1) is 24.1. The van der Waals surface area contributed by atoms with Crippen LogP contribution in [0.5, 0.6) is 0 Å². The van der Waals surface area contributed by atoms with E-state index in [1.54, 1.807) is 53.1 Å². The Morgan fingerprint density at radius 1 is 1.14 bits per heavy atom. The minimum absolute atomic E-state index is 0.0201. The molecule has 3 fully saturated rings. The van der Waals surface area contributed by atoms with Gasteiger partial charge in [0.1, 0.15) is 17.7 Å². The summed E-state index contributed by atoms with van der Waals surface area (Å²) in [5.74, 6) is -3.49. The zero-order valence-electron chi connectivity index (χ0n) is 28.2. The molecule has 0 aliphatic carbocycles. The number of alkyl halides is 1. The lowest BCUT2D eigenvalue weighted by atomic mass is 9.70. The molecule has 5 rings (SSSR count). The Labute approximate surface area is 306 Å². The van der Waals surface area contributed by atoms with Gasteiger partial charge in [-0.05, 0) is 68.9 Å². The molecule has 1 unspecified atom stereocenters. The highest BCUT2D eigenvalue weighted by atomic mass is 79.9. The number of ether oxygens (including phenoxy) is 2. The molecule has 2 bridgehead atoms. The summed E-state index contributed by atoms with van der Waals surface area (Å²) < 4.78 is 13.0. The molecular formula is C38H45BrClN3O7. The molecule has 3 aliphatic rings. The lowest BCUT2D eigenvalue weighted by Crippen LogP contribution is -2.57. The van der Waals surface area contributed by atoms with E-state index in [4.69, 9.17) is 21.1 Å². The number of fused-ring (bicyclic) bond motifs is 1. The lowest BCUT2D eigenvalue weighted by Gasteiger charge is -2.37. The maximum Gasteiger partial charge on any atom is 0.313 e. The van der Waals surface area contributed by atoms with Gasteiger partial charge in [0.05, 0.1) is 24.0 Å². The van der Waals surface area contributed by atoms with E-state index in [0.717, 1.165) is 0 Å². The summed E-state index contributed by atoms with van der Waals surface area (Å²) in [6.07, 6.45) is 4.56. The van der Waals surface area contributed by atoms with Gasteiger partial charge in [0, 0.05) is 41.7 Å². The molecule has 0 radical (unpaired) electrons. The van der Waals surface area contributed by atoms with Crippen LogP contribution in [-0.2, 0) is 28.7 Å². The second-order valence-electron chi connectivity index (χ2n) is 13.1. The molecule has 3 amide bonds. The summed E-state index contributed by atoms with van der Waals surface area (Å²) in [5.41, 5.74) is -0.0295. The van der Waals surface area contributed by atoms with Crippen molar-refractivity contribution in [3.05, 3.63) is 90.5 Å². The van der Waals surface area contributed by atoms with Crippen LogP contribution < -0.4 is 10.2 Å². The van der Waals surface area contributed by atoms with Crippen molar-refractivity contribution in [1.29, 1.82) is 0 Å². The van der Waals surface area contributed by atoms with Crippen molar-refractivity contribution < 1.29 is 33.8 Å². The third-order valence-electron chi connectivity index (χ3n) is 9.86. The van der Waals surface area contributed by atoms with Crippen molar-refractivity contribution >= 4 is 56.9 Å². The second kappa shape index (κ2) is 16.7. The smallest absolute Gasteiger partial charge is 0.313 e. The molecule has 2 aromatic carbocycles. The Kier molecular flexibility index (Phi) is 12.6. The van der Waals surface area contributed by atoms with Gasteiger partial charge in [-0.3, -0.25) is 19.2 Å². The molecular weight excluding hydrogens is 726 g/mol. The normalized spacial score (nSPS) is 26.2. The maximum absolute atomic E-state index is 14.8. The van der Waals surface area contributed by atoms with Crippen molar-refractivity contribution in [3.63, 3.8) is 0 Å². The number of aliphatic hydroxyl groups excluding tert-OH is 1. The molecule has 8 atom stereocenters. The largest absolute Gasteiger partial charge is 0.455 e. The molecule has 10 nitrogen and oxygen atoms in total. The second-order valence-corrected chi connectivity index (χ2v) is 14.8. The number of amides is 3. The topological polar surface area (TPSA) is 125 Å². The third-order valence-corrected chi connectivity index (χ3v) is 11.0. The average Bonchev–Trinajstić information content (AvgIpc) is 3.70. The number of allylic oxidation sites excluding steroid dienone is 1. The Hall–Kier alpha value is -3.51. The highest BCUT2D eigenvalue weighted by Gasteiger charge is 2.77. The molecule has 12 heteroatoms. The minimum Gasteiger partial charge on any atom is -0.455 e. The Morgan fingerprint density at radius 2 is 1.86 bits per heavy atom. The number of likely N-dealkylation sites (tertiary alicyclic amines) is 1. The van der Waals surface area contributed by atoms with Crippen LogP contribution in [0.3, 0.4) is 0 Å². The summed E-state index contributed by atoms with van der Waals surface area (Å²) >= 11 is 9.89. The molecule has 50 heavy (non-hydrogen) atoms. The Bertz CT molecular complexity index is 1560. The van der Waals surface area contributed by atoms with Crippen molar-refractivity contribution in [3.8, 4) is 0 Å². The van der Waals surface area contributed by atoms with E-state index >= 15 is 0 Å². The summed E-state index contributed by atoms with van der Waals surface area (Å²) in [6.45, 7) is 9.76. The minimum atomic E-state index is -1.30. The predicted molar refractivity (Wildman–Crippen MR) is 195 cm³/mol. The summed E-state index contributed by atoms with van der Waals surface area (Å²) in [4.78, 5) is 59.2. The van der Waals surface area contributed by atoms with Crippen LogP contribution in [0, 0.1) is 11.8 Å². The van der Waals surface area contributed by atoms with E-state index in [9.17, 15) is 24.3 Å². The molecule has 3 heterocycles. The first kappa shape index (κ1) is 37.7. The molecule has 3 saturated heterocycles. The van der Waals surface area contributed by atoms with Gasteiger partial charge >= 0.3 is 5.97 Å². The van der Waals surface area contributed by atoms with E-state index < -0.39 is 47.7 Å². The first-order valence-electron chi connectivity index (χ1n) is 17.1. The van der Waals surface area contributed by atoms with Crippen molar-refractivity contribution in [2.24, 2.45) is 11.8 Å². The first-order valence-corrected chi connectivity index (χ1v) is 18.4. The molecule has 268 valence electrons. The van der Waals surface area contributed by atoms with Gasteiger partial charge in [-0.1, -0.05) is 70.0 Å². The van der Waals surface area contributed by atoms with E-state index in [1.807, 2.05) is 30.3 Å². The summed E-state index contributed by atoms with van der Waals surface area (Å²) in [6, 6.07) is 14.4. The van der Waals surface area contributed by atoms with Gasteiger partial charge in [0.2, 0.25) is 11.8 Å². The predicted octanol–water partition coefficient (Wildman–Crippen LogP) is 5.53. The third kappa shape index (κ3) is 7.56. The van der Waals surface area contributed by atoms with Crippen molar-refractivity contribution in [1.82, 2.24) is 10.2 Å². The van der Waals surface area contributed by atoms with Gasteiger partial charge in [-0.2, -0.15) is 0 Å². The lowest BCUT2D eigenvalue weighted by molar-refractivity contribution is -0.162. The standard InChI is InChI=1S/C38H45BrClN3O7/c1-4-6-15-29(45)41-24(3)32(25-13-9-7-10-14-25)49-37(48)30-31-35(46)43(21-11-8-12-22-44)34(38(31)23-28(39)33(30)50-38)36(47)42(20-5-2)27-18-16-26(40)17-19-27/h4-5,7,9-10,13-14,16-19,24,28,30-34,44H,1-2,6,8,11-12,15,20-23H2,3H3,(H,41,45)/t24-,28?,30+,31-,32-,33+,34+,38-/m1/s1. The average molecular weight is 771 g/mol. The van der Waals surface area contributed by atoms with Gasteiger partial charge in [-0.15, -0.1) is 13.2 Å². The van der Waals surface area contributed by atoms with Crippen LogP contribution in [0.4, 0.5) is 5.69 Å². The summed E-state index contributed by atoms with van der Waals surface area (Å²) in [5, 5.41) is 12.8. The number of carbonyl (C=O) groups excluding carboxylic acids is 4. The van der Waals surface area contributed by atoms with E-state index in [1.165, 1.54) is 0 Å². The number of nitrogens with zero attached hydrogens (tertiary/aromatic N) is 2. The van der Waals surface area contributed by atoms with Gasteiger partial charge < -0.3 is 29.7 Å². The number of nitrogens with one attached hydrogen (secondary N) is 1. The molecule has 0 saturated carbocycles. The van der Waals surface area contributed by atoms with Crippen LogP contribution in [-0.4, -0.2) is 82.0 Å². The van der Waals surface area contributed by atoms with E-state index in [0.29, 0.717) is 48.4 Å². The number of anilines is 1. The van der Waals surface area contributed by atoms with Crippen molar-refractivity contribution in [2.45, 2.75) is 80.2 Å². The Balaban J connectivity index is 1.49. The molecule has 3 aliphatic heterocycles. The number of unbranched alkanes of at least 4 members (excludes halogenated alkanes) is 2. The number of esters is 1. The van der Waals surface area contributed by atoms with Crippen LogP contribution in [0.1, 0.15) is 57.1 Å². The van der Waals surface area contributed by atoms with Crippen LogP contribution in [0.25, 0.3) is 0 Å². The highest BCUT2D eigenvalue weighted by molar-refractivity contribution is 9.09. The fourth-order valence-electron chi connectivity index (χ4n) is 7.65. The highest BCUT2D eigenvalue weighted by Crippen LogP contribution is 2.60. The zero-order valence-corrected chi connectivity index (χ0v) is 30.6. The molecule has 1 spiro atoms. The molecule has 2 N–H and O–H groups in total. The van der Waals surface area contributed by atoms with Crippen LogP contribution in [0.2, 0.25) is 5.02 Å². The number of hydrogen-bond acceptors (Lipinski definition) is 7. The molecule has 2 aromatic rings. The molecule has 0 aromatic heterocycles. The monoisotopic (exact) mass is 769 g/mol. The van der Waals surface area contributed by atoms with E-state index in [2.05, 4.69) is 34.4 Å². The zero-order chi connectivity index (χ0) is 36.0. The fraction of sp³-hybridized carbons (Fsp3) is 0.474. The Morgan fingerprint density at radius 3 is 2.52 bits per heavy atom. The summed E-state index contributed by atoms with van der Waals surface area (Å²) in [7, 11) is 0. The SMILES string of the molecule is C=CCCC(=O)N[C@H](C)[C@@H](OC(=O)[C@@H]1[C@H]2O[C@@]3(CC2Br)[C@H](C(=O)N(CC=C)c2ccc(Cl)cc2)N(CCCCCO)C(=O)[C@@H]13)c1ccccc1. The van der Waals surface area contributed by atoms with Gasteiger partial charge in [0.15, 0.2) is 0 Å².